The standard InChI is InChI=1S/C14H22N4/c1-2-12-16-13(15)18(17-12)14-6-9-3-10(7-14)5-11(4-9)8-14/h9-11H,2-8H2,1H3,(H2,15,16,17). The zero-order valence-corrected chi connectivity index (χ0v) is 11.1. The van der Waals surface area contributed by atoms with Crippen LogP contribution < -0.4 is 5.73 Å². The van der Waals surface area contributed by atoms with E-state index in [1.165, 1.54) is 38.5 Å². The fourth-order valence-electron chi connectivity index (χ4n) is 5.19. The van der Waals surface area contributed by atoms with Crippen LogP contribution in [0.3, 0.4) is 0 Å². The highest BCUT2D eigenvalue weighted by molar-refractivity contribution is 5.21. The third-order valence-corrected chi connectivity index (χ3v) is 5.45. The van der Waals surface area contributed by atoms with E-state index in [1.807, 2.05) is 0 Å². The highest BCUT2D eigenvalue weighted by atomic mass is 15.4. The summed E-state index contributed by atoms with van der Waals surface area (Å²) >= 11 is 0. The van der Waals surface area contributed by atoms with Gasteiger partial charge in [-0.25, -0.2) is 4.68 Å². The molecule has 5 rings (SSSR count). The Morgan fingerprint density at radius 1 is 1.17 bits per heavy atom. The second-order valence-corrected chi connectivity index (χ2v) is 6.79. The van der Waals surface area contributed by atoms with Crippen LogP contribution in [0.1, 0.15) is 51.3 Å². The number of nitrogens with zero attached hydrogens (tertiary/aromatic N) is 3. The molecule has 1 aromatic heterocycles. The van der Waals surface area contributed by atoms with Crippen molar-refractivity contribution in [2.45, 2.75) is 57.4 Å². The van der Waals surface area contributed by atoms with Crippen molar-refractivity contribution in [1.29, 1.82) is 0 Å². The summed E-state index contributed by atoms with van der Waals surface area (Å²) in [6.45, 7) is 2.10. The van der Waals surface area contributed by atoms with Crippen molar-refractivity contribution in [1.82, 2.24) is 14.8 Å². The SMILES string of the molecule is CCc1nc(N)n(C23CC4CC(CC(C4)C2)C3)n1. The lowest BCUT2D eigenvalue weighted by atomic mass is 9.53. The number of anilines is 1. The minimum atomic E-state index is 0.221. The molecule has 0 saturated heterocycles. The summed E-state index contributed by atoms with van der Waals surface area (Å²) in [7, 11) is 0. The van der Waals surface area contributed by atoms with Crippen molar-refractivity contribution >= 4 is 5.95 Å². The molecular weight excluding hydrogens is 224 g/mol. The van der Waals surface area contributed by atoms with Gasteiger partial charge in [-0.1, -0.05) is 6.92 Å². The molecule has 4 nitrogen and oxygen atoms in total. The van der Waals surface area contributed by atoms with E-state index in [2.05, 4.69) is 16.6 Å². The molecule has 0 radical (unpaired) electrons. The second-order valence-electron chi connectivity index (χ2n) is 6.79. The van der Waals surface area contributed by atoms with Gasteiger partial charge in [-0.15, -0.1) is 0 Å². The second kappa shape index (κ2) is 3.49. The number of nitrogens with two attached hydrogens (primary N) is 1. The predicted molar refractivity (Wildman–Crippen MR) is 70.0 cm³/mol. The van der Waals surface area contributed by atoms with Crippen molar-refractivity contribution in [3.05, 3.63) is 5.82 Å². The molecule has 4 aliphatic rings. The Labute approximate surface area is 108 Å². The quantitative estimate of drug-likeness (QED) is 0.871. The summed E-state index contributed by atoms with van der Waals surface area (Å²) < 4.78 is 2.11. The lowest BCUT2D eigenvalue weighted by molar-refractivity contribution is -0.0484. The van der Waals surface area contributed by atoms with Gasteiger partial charge in [0.2, 0.25) is 5.95 Å². The molecule has 0 atom stereocenters. The maximum atomic E-state index is 6.13. The summed E-state index contributed by atoms with van der Waals surface area (Å²) in [5.41, 5.74) is 6.35. The smallest absolute Gasteiger partial charge is 0.219 e. The number of rotatable bonds is 2. The number of aromatic nitrogens is 3. The first-order valence-electron chi connectivity index (χ1n) is 7.40. The van der Waals surface area contributed by atoms with E-state index in [1.54, 1.807) is 0 Å². The maximum absolute atomic E-state index is 6.13. The van der Waals surface area contributed by atoms with Crippen LogP contribution in [0.2, 0.25) is 0 Å². The lowest BCUT2D eigenvalue weighted by Gasteiger charge is -2.56. The van der Waals surface area contributed by atoms with Crippen molar-refractivity contribution in [3.8, 4) is 0 Å². The minimum Gasteiger partial charge on any atom is -0.368 e. The van der Waals surface area contributed by atoms with Gasteiger partial charge < -0.3 is 5.73 Å². The topological polar surface area (TPSA) is 56.7 Å². The third kappa shape index (κ3) is 1.38. The van der Waals surface area contributed by atoms with Gasteiger partial charge in [0.05, 0.1) is 5.54 Å². The third-order valence-electron chi connectivity index (χ3n) is 5.45. The van der Waals surface area contributed by atoms with Crippen molar-refractivity contribution < 1.29 is 0 Å². The first kappa shape index (κ1) is 10.8. The molecule has 0 unspecified atom stereocenters. The van der Waals surface area contributed by atoms with E-state index in [0.29, 0.717) is 5.95 Å². The molecule has 4 saturated carbocycles. The van der Waals surface area contributed by atoms with Crippen molar-refractivity contribution in [2.24, 2.45) is 17.8 Å². The van der Waals surface area contributed by atoms with Crippen LogP contribution in [-0.4, -0.2) is 14.8 Å². The Kier molecular flexibility index (Phi) is 2.10. The van der Waals surface area contributed by atoms with Crippen LogP contribution in [0.4, 0.5) is 5.95 Å². The molecule has 18 heavy (non-hydrogen) atoms. The lowest BCUT2D eigenvalue weighted by Crippen LogP contribution is -2.52. The summed E-state index contributed by atoms with van der Waals surface area (Å²) in [6.07, 6.45) is 9.10. The molecule has 98 valence electrons. The molecule has 0 aromatic carbocycles. The van der Waals surface area contributed by atoms with Gasteiger partial charge >= 0.3 is 0 Å². The summed E-state index contributed by atoms with van der Waals surface area (Å²) in [5.74, 6) is 4.32. The summed E-state index contributed by atoms with van der Waals surface area (Å²) in [4.78, 5) is 4.42. The van der Waals surface area contributed by atoms with E-state index >= 15 is 0 Å². The number of hydrogen-bond acceptors (Lipinski definition) is 3. The van der Waals surface area contributed by atoms with Gasteiger partial charge in [0.1, 0.15) is 0 Å². The fraction of sp³-hybridized carbons (Fsp3) is 0.857. The Morgan fingerprint density at radius 3 is 2.17 bits per heavy atom. The molecule has 0 aliphatic heterocycles. The van der Waals surface area contributed by atoms with Gasteiger partial charge in [-0.3, -0.25) is 0 Å². The molecule has 1 heterocycles. The van der Waals surface area contributed by atoms with Crippen LogP contribution in [0.15, 0.2) is 0 Å². The highest BCUT2D eigenvalue weighted by Gasteiger charge is 2.53. The van der Waals surface area contributed by atoms with Crippen LogP contribution in [0.5, 0.6) is 0 Å². The van der Waals surface area contributed by atoms with E-state index in [9.17, 15) is 0 Å². The van der Waals surface area contributed by atoms with Crippen LogP contribution in [-0.2, 0) is 12.0 Å². The van der Waals surface area contributed by atoms with E-state index in [4.69, 9.17) is 10.8 Å². The predicted octanol–water partition coefficient (Wildman–Crippen LogP) is 2.35. The highest BCUT2D eigenvalue weighted by Crippen LogP contribution is 2.58. The van der Waals surface area contributed by atoms with Gasteiger partial charge in [-0.05, 0) is 56.3 Å². The number of aryl methyl sites for hydroxylation is 1. The maximum Gasteiger partial charge on any atom is 0.219 e. The normalized spacial score (nSPS) is 41.5. The molecule has 4 fully saturated rings. The van der Waals surface area contributed by atoms with Gasteiger partial charge in [0, 0.05) is 6.42 Å². The molecule has 4 aliphatic carbocycles. The largest absolute Gasteiger partial charge is 0.368 e. The monoisotopic (exact) mass is 246 g/mol. The molecule has 0 amide bonds. The minimum absolute atomic E-state index is 0.221. The van der Waals surface area contributed by atoms with Gasteiger partial charge in [-0.2, -0.15) is 10.1 Å². The zero-order chi connectivity index (χ0) is 12.3. The summed E-state index contributed by atoms with van der Waals surface area (Å²) in [5, 5.41) is 4.70. The number of nitrogen functional groups attached to an aromatic ring is 1. The Morgan fingerprint density at radius 2 is 1.72 bits per heavy atom. The van der Waals surface area contributed by atoms with Gasteiger partial charge in [0.25, 0.3) is 0 Å². The van der Waals surface area contributed by atoms with E-state index < -0.39 is 0 Å². The molecule has 4 heteroatoms. The van der Waals surface area contributed by atoms with E-state index in [-0.39, 0.29) is 5.54 Å². The Balaban J connectivity index is 1.76. The van der Waals surface area contributed by atoms with Gasteiger partial charge in [0.15, 0.2) is 5.82 Å². The Bertz CT molecular complexity index is 441. The molecule has 4 bridgehead atoms. The summed E-state index contributed by atoms with van der Waals surface area (Å²) in [6, 6.07) is 0. The number of hydrogen-bond donors (Lipinski definition) is 1. The Hall–Kier alpha value is -1.06. The first-order chi connectivity index (χ1) is 8.68. The van der Waals surface area contributed by atoms with E-state index in [0.717, 1.165) is 30.0 Å². The first-order valence-corrected chi connectivity index (χ1v) is 7.40. The average Bonchev–Trinajstić information content (AvgIpc) is 2.69. The molecular formula is C14H22N4. The average molecular weight is 246 g/mol. The van der Waals surface area contributed by atoms with Crippen molar-refractivity contribution in [3.63, 3.8) is 0 Å². The molecule has 1 aromatic rings. The van der Waals surface area contributed by atoms with Crippen LogP contribution in [0, 0.1) is 17.8 Å². The zero-order valence-electron chi connectivity index (χ0n) is 11.1. The van der Waals surface area contributed by atoms with Crippen LogP contribution in [0.25, 0.3) is 0 Å². The molecule has 2 N–H and O–H groups in total. The van der Waals surface area contributed by atoms with Crippen molar-refractivity contribution in [2.75, 3.05) is 5.73 Å². The van der Waals surface area contributed by atoms with Crippen LogP contribution >= 0.6 is 0 Å². The fourth-order valence-corrected chi connectivity index (χ4v) is 5.19. The molecule has 0 spiro atoms.